The van der Waals surface area contributed by atoms with E-state index in [4.69, 9.17) is 4.74 Å². The lowest BCUT2D eigenvalue weighted by atomic mass is 9.89. The largest absolute Gasteiger partial charge is 0.451 e. The van der Waals surface area contributed by atoms with Crippen LogP contribution >= 0.6 is 0 Å². The van der Waals surface area contributed by atoms with Gasteiger partial charge in [0.15, 0.2) is 11.4 Å². The molecule has 0 spiro atoms. The third-order valence-corrected chi connectivity index (χ3v) is 2.81. The maximum Gasteiger partial charge on any atom is 0.303 e. The highest BCUT2D eigenvalue weighted by Crippen LogP contribution is 2.31. The van der Waals surface area contributed by atoms with E-state index in [0.717, 1.165) is 19.3 Å². The van der Waals surface area contributed by atoms with Crippen LogP contribution in [-0.4, -0.2) is 17.4 Å². The van der Waals surface area contributed by atoms with E-state index in [1.165, 1.54) is 6.92 Å². The minimum atomic E-state index is -0.913. The third-order valence-electron chi connectivity index (χ3n) is 2.81. The van der Waals surface area contributed by atoms with Crippen LogP contribution in [0.3, 0.4) is 0 Å². The maximum absolute atomic E-state index is 11.9. The Bertz CT molecular complexity index is 270. The van der Waals surface area contributed by atoms with E-state index in [1.807, 2.05) is 0 Å². The molecule has 0 aliphatic heterocycles. The van der Waals surface area contributed by atoms with Crippen LogP contribution in [0.4, 0.5) is 0 Å². The molecule has 1 fully saturated rings. The van der Waals surface area contributed by atoms with Crippen LogP contribution in [0.5, 0.6) is 0 Å². The van der Waals surface area contributed by atoms with Crippen molar-refractivity contribution in [3.63, 3.8) is 0 Å². The zero-order valence-corrected chi connectivity index (χ0v) is 9.25. The Balaban J connectivity index is 2.87. The molecule has 1 rings (SSSR count). The molecule has 0 N–H and O–H groups in total. The van der Waals surface area contributed by atoms with Crippen LogP contribution in [0, 0.1) is 0 Å². The first-order chi connectivity index (χ1) is 7.10. The molecule has 1 saturated carbocycles. The lowest BCUT2D eigenvalue weighted by Gasteiger charge is -2.29. The summed E-state index contributed by atoms with van der Waals surface area (Å²) in [7, 11) is 0. The monoisotopic (exact) mass is 210 g/mol. The molecule has 1 atom stereocenters. The summed E-state index contributed by atoms with van der Waals surface area (Å²) in [6.07, 6.45) is 6.12. The number of ketones is 1. The molecule has 3 nitrogen and oxygen atoms in total. The maximum atomic E-state index is 11.9. The van der Waals surface area contributed by atoms with Crippen molar-refractivity contribution in [1.29, 1.82) is 0 Å². The van der Waals surface area contributed by atoms with Crippen molar-refractivity contribution in [3.05, 3.63) is 12.7 Å². The number of Topliss-reactive ketones (excluding diaryl/α,β-unsaturated/α-hetero) is 1. The van der Waals surface area contributed by atoms with Crippen molar-refractivity contribution in [2.45, 2.75) is 51.0 Å². The number of hydrogen-bond donors (Lipinski definition) is 0. The Morgan fingerprint density at radius 3 is 2.87 bits per heavy atom. The SMILES string of the molecule is C=CCC1(OC(C)=O)CCCCCC1=O. The highest BCUT2D eigenvalue weighted by molar-refractivity contribution is 5.89. The fourth-order valence-electron chi connectivity index (χ4n) is 2.11. The molecule has 0 aromatic rings. The van der Waals surface area contributed by atoms with Crippen LogP contribution in [-0.2, 0) is 14.3 Å². The molecular weight excluding hydrogens is 192 g/mol. The van der Waals surface area contributed by atoms with Gasteiger partial charge in [-0.25, -0.2) is 0 Å². The van der Waals surface area contributed by atoms with Crippen LogP contribution in [0.25, 0.3) is 0 Å². The van der Waals surface area contributed by atoms with E-state index < -0.39 is 5.60 Å². The molecule has 15 heavy (non-hydrogen) atoms. The minimum Gasteiger partial charge on any atom is -0.451 e. The van der Waals surface area contributed by atoms with E-state index in [-0.39, 0.29) is 11.8 Å². The lowest BCUT2D eigenvalue weighted by molar-refractivity contribution is -0.165. The Kier molecular flexibility index (Phi) is 4.06. The zero-order valence-electron chi connectivity index (χ0n) is 9.25. The van der Waals surface area contributed by atoms with Gasteiger partial charge in [0.2, 0.25) is 0 Å². The van der Waals surface area contributed by atoms with Gasteiger partial charge in [0.25, 0.3) is 0 Å². The van der Waals surface area contributed by atoms with Crippen LogP contribution in [0.2, 0.25) is 0 Å². The van der Waals surface area contributed by atoms with Crippen molar-refractivity contribution in [1.82, 2.24) is 0 Å². The van der Waals surface area contributed by atoms with Crippen molar-refractivity contribution < 1.29 is 14.3 Å². The average Bonchev–Trinajstić information content (AvgIpc) is 2.30. The van der Waals surface area contributed by atoms with Gasteiger partial charge in [-0.1, -0.05) is 12.5 Å². The molecule has 0 aromatic carbocycles. The van der Waals surface area contributed by atoms with E-state index in [9.17, 15) is 9.59 Å². The summed E-state index contributed by atoms with van der Waals surface area (Å²) in [6.45, 7) is 4.98. The second-order valence-corrected chi connectivity index (χ2v) is 4.06. The molecule has 1 unspecified atom stereocenters. The van der Waals surface area contributed by atoms with Gasteiger partial charge in [-0.05, 0) is 19.3 Å². The van der Waals surface area contributed by atoms with Crippen LogP contribution in [0.15, 0.2) is 12.7 Å². The first kappa shape index (κ1) is 12.0. The fraction of sp³-hybridized carbons (Fsp3) is 0.667. The second-order valence-electron chi connectivity index (χ2n) is 4.06. The quantitative estimate of drug-likeness (QED) is 0.408. The standard InChI is InChI=1S/C12H18O3/c1-3-8-12(15-10(2)13)9-6-4-5-7-11(12)14/h3H,1,4-9H2,2H3. The van der Waals surface area contributed by atoms with E-state index in [1.54, 1.807) is 6.08 Å². The van der Waals surface area contributed by atoms with Crippen LogP contribution in [0.1, 0.15) is 45.4 Å². The molecule has 84 valence electrons. The summed E-state index contributed by atoms with van der Waals surface area (Å²) in [5, 5.41) is 0. The van der Waals surface area contributed by atoms with Gasteiger partial charge in [-0.3, -0.25) is 9.59 Å². The summed E-state index contributed by atoms with van der Waals surface area (Å²) in [4.78, 5) is 23.0. The Labute approximate surface area is 90.5 Å². The Hall–Kier alpha value is -1.12. The molecule has 0 radical (unpaired) electrons. The minimum absolute atomic E-state index is 0.0510. The Morgan fingerprint density at radius 1 is 1.53 bits per heavy atom. The molecule has 0 bridgehead atoms. The summed E-state index contributed by atoms with van der Waals surface area (Å²) in [5.41, 5.74) is -0.913. The van der Waals surface area contributed by atoms with Gasteiger partial charge in [0.1, 0.15) is 0 Å². The van der Waals surface area contributed by atoms with Crippen molar-refractivity contribution in [3.8, 4) is 0 Å². The number of rotatable bonds is 3. The molecule has 0 amide bonds. The average molecular weight is 210 g/mol. The number of carbonyl (C=O) groups is 2. The Morgan fingerprint density at radius 2 is 2.27 bits per heavy atom. The molecule has 0 aromatic heterocycles. The highest BCUT2D eigenvalue weighted by atomic mass is 16.6. The van der Waals surface area contributed by atoms with E-state index in [2.05, 4.69) is 6.58 Å². The van der Waals surface area contributed by atoms with Gasteiger partial charge in [-0.15, -0.1) is 6.58 Å². The smallest absolute Gasteiger partial charge is 0.303 e. The molecule has 0 saturated heterocycles. The number of ether oxygens (including phenoxy) is 1. The highest BCUT2D eigenvalue weighted by Gasteiger charge is 2.40. The molecular formula is C12H18O3. The van der Waals surface area contributed by atoms with Gasteiger partial charge in [-0.2, -0.15) is 0 Å². The first-order valence-corrected chi connectivity index (χ1v) is 5.44. The van der Waals surface area contributed by atoms with Crippen molar-refractivity contribution >= 4 is 11.8 Å². The molecule has 0 heterocycles. The predicted molar refractivity (Wildman–Crippen MR) is 57.4 cm³/mol. The van der Waals surface area contributed by atoms with E-state index in [0.29, 0.717) is 19.3 Å². The zero-order chi connectivity index (χ0) is 11.3. The molecule has 1 aliphatic carbocycles. The summed E-state index contributed by atoms with van der Waals surface area (Å²) < 4.78 is 5.25. The predicted octanol–water partition coefficient (Wildman–Crippen LogP) is 2.40. The van der Waals surface area contributed by atoms with Gasteiger partial charge in [0, 0.05) is 19.8 Å². The number of hydrogen-bond acceptors (Lipinski definition) is 3. The lowest BCUT2D eigenvalue weighted by Crippen LogP contribution is -2.41. The normalized spacial score (nSPS) is 26.9. The van der Waals surface area contributed by atoms with Crippen LogP contribution < -0.4 is 0 Å². The van der Waals surface area contributed by atoms with Gasteiger partial charge >= 0.3 is 5.97 Å². The van der Waals surface area contributed by atoms with E-state index >= 15 is 0 Å². The molecule has 1 aliphatic rings. The summed E-state index contributed by atoms with van der Waals surface area (Å²) >= 11 is 0. The van der Waals surface area contributed by atoms with Crippen molar-refractivity contribution in [2.24, 2.45) is 0 Å². The number of esters is 1. The summed E-state index contributed by atoms with van der Waals surface area (Å²) in [5.74, 6) is -0.331. The molecule has 3 heteroatoms. The number of carbonyl (C=O) groups excluding carboxylic acids is 2. The van der Waals surface area contributed by atoms with Crippen molar-refractivity contribution in [2.75, 3.05) is 0 Å². The topological polar surface area (TPSA) is 43.4 Å². The van der Waals surface area contributed by atoms with Gasteiger partial charge < -0.3 is 4.74 Å². The fourth-order valence-corrected chi connectivity index (χ4v) is 2.11. The third kappa shape index (κ3) is 2.91. The van der Waals surface area contributed by atoms with Gasteiger partial charge in [0.05, 0.1) is 0 Å². The summed E-state index contributed by atoms with van der Waals surface area (Å²) in [6, 6.07) is 0. The second kappa shape index (κ2) is 5.10. The first-order valence-electron chi connectivity index (χ1n) is 5.44.